The topological polar surface area (TPSA) is 72.6 Å². The Morgan fingerprint density at radius 3 is 2.46 bits per heavy atom. The molecule has 28 heavy (non-hydrogen) atoms. The fourth-order valence-electron chi connectivity index (χ4n) is 3.97. The number of fused-ring (bicyclic) bond motifs is 3. The number of methoxy groups -OCH3 is 3. The first-order valence-electron chi connectivity index (χ1n) is 9.34. The molecule has 2 N–H and O–H groups in total. The number of nitrogens with one attached hydrogen (secondary N) is 2. The minimum Gasteiger partial charge on any atom is -0.493 e. The Hall–Kier alpha value is -3.15. The monoisotopic (exact) mass is 380 g/mol. The molecule has 0 spiro atoms. The first-order valence-corrected chi connectivity index (χ1v) is 9.34. The summed E-state index contributed by atoms with van der Waals surface area (Å²) in [6.07, 6.45) is 2.63. The summed E-state index contributed by atoms with van der Waals surface area (Å²) >= 11 is 0. The van der Waals surface area contributed by atoms with Gasteiger partial charge in [-0.15, -0.1) is 0 Å². The molecule has 0 saturated heterocycles. The van der Waals surface area contributed by atoms with Gasteiger partial charge < -0.3 is 24.5 Å². The highest BCUT2D eigenvalue weighted by molar-refractivity contribution is 5.96. The summed E-state index contributed by atoms with van der Waals surface area (Å²) in [4.78, 5) is 16.4. The van der Waals surface area contributed by atoms with Gasteiger partial charge in [0.1, 0.15) is 0 Å². The minimum absolute atomic E-state index is 0.0818. The number of aryl methyl sites for hydroxylation is 1. The van der Waals surface area contributed by atoms with Crippen LogP contribution in [0.4, 0.5) is 0 Å². The fourth-order valence-corrected chi connectivity index (χ4v) is 3.97. The number of aromatic amines is 1. The molecule has 1 aromatic heterocycles. The van der Waals surface area contributed by atoms with Gasteiger partial charge in [0.05, 0.1) is 21.3 Å². The molecule has 1 aliphatic rings. The SMILES string of the molecule is COc1cc(C(=O)NC2CCc3[nH]c4ccccc4c3C2)cc(OC)c1OC. The lowest BCUT2D eigenvalue weighted by Gasteiger charge is -2.24. The molecule has 0 radical (unpaired) electrons. The summed E-state index contributed by atoms with van der Waals surface area (Å²) in [5, 5.41) is 4.41. The predicted octanol–water partition coefficient (Wildman–Crippen LogP) is 3.48. The van der Waals surface area contributed by atoms with Crippen LogP contribution in [0.15, 0.2) is 36.4 Å². The lowest BCUT2D eigenvalue weighted by Crippen LogP contribution is -2.38. The van der Waals surface area contributed by atoms with Gasteiger partial charge in [0.25, 0.3) is 5.91 Å². The molecule has 2 aromatic carbocycles. The molecule has 1 atom stereocenters. The Morgan fingerprint density at radius 1 is 1.07 bits per heavy atom. The number of carbonyl (C=O) groups excluding carboxylic acids is 1. The average Bonchev–Trinajstić information content (AvgIpc) is 3.10. The summed E-state index contributed by atoms with van der Waals surface area (Å²) in [7, 11) is 4.62. The Bertz CT molecular complexity index is 1000. The second-order valence-corrected chi connectivity index (χ2v) is 6.95. The molecule has 1 unspecified atom stereocenters. The first kappa shape index (κ1) is 18.2. The number of para-hydroxylation sites is 1. The van der Waals surface area contributed by atoms with Crippen LogP contribution in [-0.2, 0) is 12.8 Å². The molecule has 6 heteroatoms. The van der Waals surface area contributed by atoms with Crippen molar-refractivity contribution in [1.82, 2.24) is 10.3 Å². The van der Waals surface area contributed by atoms with Crippen molar-refractivity contribution in [2.24, 2.45) is 0 Å². The molecule has 0 bridgehead atoms. The summed E-state index contributed by atoms with van der Waals surface area (Å²) < 4.78 is 16.0. The van der Waals surface area contributed by atoms with Crippen molar-refractivity contribution in [2.75, 3.05) is 21.3 Å². The third-order valence-electron chi connectivity index (χ3n) is 5.36. The van der Waals surface area contributed by atoms with E-state index in [1.807, 2.05) is 6.07 Å². The average molecular weight is 380 g/mol. The molecular weight excluding hydrogens is 356 g/mol. The van der Waals surface area contributed by atoms with E-state index in [1.54, 1.807) is 33.5 Å². The number of carbonyl (C=O) groups is 1. The first-order chi connectivity index (χ1) is 13.6. The zero-order valence-electron chi connectivity index (χ0n) is 16.3. The molecule has 146 valence electrons. The van der Waals surface area contributed by atoms with Crippen LogP contribution in [0.2, 0.25) is 0 Å². The maximum Gasteiger partial charge on any atom is 0.251 e. The van der Waals surface area contributed by atoms with Crippen LogP contribution in [0.5, 0.6) is 17.2 Å². The lowest BCUT2D eigenvalue weighted by atomic mass is 9.91. The van der Waals surface area contributed by atoms with Crippen LogP contribution in [-0.4, -0.2) is 38.3 Å². The summed E-state index contributed by atoms with van der Waals surface area (Å²) in [5.41, 5.74) is 4.22. The van der Waals surface area contributed by atoms with E-state index in [-0.39, 0.29) is 11.9 Å². The molecule has 0 fully saturated rings. The van der Waals surface area contributed by atoms with Crippen molar-refractivity contribution in [3.05, 3.63) is 53.2 Å². The zero-order valence-corrected chi connectivity index (χ0v) is 16.3. The smallest absolute Gasteiger partial charge is 0.251 e. The highest BCUT2D eigenvalue weighted by Crippen LogP contribution is 2.38. The zero-order chi connectivity index (χ0) is 19.7. The lowest BCUT2D eigenvalue weighted by molar-refractivity contribution is 0.0933. The van der Waals surface area contributed by atoms with Gasteiger partial charge in [0.2, 0.25) is 5.75 Å². The molecule has 1 aliphatic carbocycles. The minimum atomic E-state index is -0.146. The van der Waals surface area contributed by atoms with Gasteiger partial charge in [-0.3, -0.25) is 4.79 Å². The third-order valence-corrected chi connectivity index (χ3v) is 5.36. The van der Waals surface area contributed by atoms with E-state index in [1.165, 1.54) is 16.6 Å². The number of aromatic nitrogens is 1. The molecular formula is C22H24N2O4. The Balaban J connectivity index is 1.56. The molecule has 0 aliphatic heterocycles. The predicted molar refractivity (Wildman–Crippen MR) is 108 cm³/mol. The fraction of sp³-hybridized carbons (Fsp3) is 0.318. The van der Waals surface area contributed by atoms with E-state index in [9.17, 15) is 4.79 Å². The number of hydrogen-bond donors (Lipinski definition) is 2. The Morgan fingerprint density at radius 2 is 1.79 bits per heavy atom. The van der Waals surface area contributed by atoms with Crippen LogP contribution in [0, 0.1) is 0 Å². The molecule has 0 saturated carbocycles. The van der Waals surface area contributed by atoms with Crippen LogP contribution < -0.4 is 19.5 Å². The maximum atomic E-state index is 12.9. The van der Waals surface area contributed by atoms with Gasteiger partial charge in [-0.1, -0.05) is 18.2 Å². The van der Waals surface area contributed by atoms with Gasteiger partial charge in [0, 0.05) is 28.2 Å². The van der Waals surface area contributed by atoms with E-state index in [4.69, 9.17) is 14.2 Å². The second-order valence-electron chi connectivity index (χ2n) is 6.95. The normalized spacial score (nSPS) is 15.8. The van der Waals surface area contributed by atoms with Gasteiger partial charge in [-0.2, -0.15) is 0 Å². The van der Waals surface area contributed by atoms with Crippen molar-refractivity contribution >= 4 is 16.8 Å². The number of H-pyrrole nitrogens is 1. The number of rotatable bonds is 5. The van der Waals surface area contributed by atoms with Crippen molar-refractivity contribution < 1.29 is 19.0 Å². The van der Waals surface area contributed by atoms with Gasteiger partial charge in [-0.05, 0) is 43.0 Å². The van der Waals surface area contributed by atoms with E-state index in [0.29, 0.717) is 22.8 Å². The quantitative estimate of drug-likeness (QED) is 0.711. The third kappa shape index (κ3) is 3.15. The number of hydrogen-bond acceptors (Lipinski definition) is 4. The van der Waals surface area contributed by atoms with E-state index in [2.05, 4.69) is 28.5 Å². The largest absolute Gasteiger partial charge is 0.493 e. The van der Waals surface area contributed by atoms with E-state index < -0.39 is 0 Å². The van der Waals surface area contributed by atoms with Crippen LogP contribution in [0.3, 0.4) is 0 Å². The standard InChI is InChI=1S/C22H24N2O4/c1-26-19-10-13(11-20(27-2)21(19)28-3)22(25)23-14-8-9-18-16(12-14)15-6-4-5-7-17(15)24-18/h4-7,10-11,14,24H,8-9,12H2,1-3H3,(H,23,25). The van der Waals surface area contributed by atoms with Crippen molar-refractivity contribution in [1.29, 1.82) is 0 Å². The maximum absolute atomic E-state index is 12.9. The molecule has 3 aromatic rings. The van der Waals surface area contributed by atoms with Crippen molar-refractivity contribution in [3.63, 3.8) is 0 Å². The number of benzene rings is 2. The molecule has 1 heterocycles. The van der Waals surface area contributed by atoms with Gasteiger partial charge >= 0.3 is 0 Å². The van der Waals surface area contributed by atoms with E-state index >= 15 is 0 Å². The second kappa shape index (κ2) is 7.46. The summed E-state index contributed by atoms with van der Waals surface area (Å²) in [5.74, 6) is 1.26. The van der Waals surface area contributed by atoms with Crippen LogP contribution >= 0.6 is 0 Å². The number of ether oxygens (including phenoxy) is 3. The van der Waals surface area contributed by atoms with Crippen molar-refractivity contribution in [3.8, 4) is 17.2 Å². The highest BCUT2D eigenvalue weighted by atomic mass is 16.5. The number of amides is 1. The molecule has 4 rings (SSSR count). The van der Waals surface area contributed by atoms with Gasteiger partial charge in [0.15, 0.2) is 11.5 Å². The Kier molecular flexibility index (Phi) is 4.86. The van der Waals surface area contributed by atoms with E-state index in [0.717, 1.165) is 24.8 Å². The van der Waals surface area contributed by atoms with Crippen molar-refractivity contribution in [2.45, 2.75) is 25.3 Å². The van der Waals surface area contributed by atoms with Gasteiger partial charge in [-0.25, -0.2) is 0 Å². The summed E-state index contributed by atoms with van der Waals surface area (Å²) in [6, 6.07) is 11.7. The molecule has 6 nitrogen and oxygen atoms in total. The summed E-state index contributed by atoms with van der Waals surface area (Å²) in [6.45, 7) is 0. The van der Waals surface area contributed by atoms with Crippen LogP contribution in [0.1, 0.15) is 28.0 Å². The molecule has 1 amide bonds. The van der Waals surface area contributed by atoms with Crippen LogP contribution in [0.25, 0.3) is 10.9 Å². The Labute approximate surface area is 163 Å². The highest BCUT2D eigenvalue weighted by Gasteiger charge is 2.25.